The highest BCUT2D eigenvalue weighted by molar-refractivity contribution is 7.90. The van der Waals surface area contributed by atoms with Crippen LogP contribution >= 0.6 is 0 Å². The van der Waals surface area contributed by atoms with Gasteiger partial charge in [-0.25, -0.2) is 27.0 Å². The molecule has 186 valence electrons. The second-order valence-electron chi connectivity index (χ2n) is 8.90. The van der Waals surface area contributed by atoms with E-state index in [-0.39, 0.29) is 42.7 Å². The molecule has 0 radical (unpaired) electrons. The Morgan fingerprint density at radius 2 is 1.94 bits per heavy atom. The molecule has 9 nitrogen and oxygen atoms in total. The Morgan fingerprint density at radius 1 is 1.29 bits per heavy atom. The first-order valence-electron chi connectivity index (χ1n) is 11.2. The van der Waals surface area contributed by atoms with E-state index in [4.69, 9.17) is 4.74 Å². The summed E-state index contributed by atoms with van der Waals surface area (Å²) in [5, 5.41) is 9.44. The van der Waals surface area contributed by atoms with E-state index >= 15 is 0 Å². The number of sulfonamides is 1. The molecule has 1 aromatic heterocycles. The Hall–Kier alpha value is -2.81. The standard InChI is InChI=1S/C22H28F2N4O5S/c1-3-33-22(30)17-8-15(9-25)20(26-18(17)19(23)24)28-10-16(11-28)21(29)27-34(31,32)12-14-6-4-13(2)5-7-14/h8,13-14,16,19H,3-7,10-12H2,1-2H3,(H,27,29). The molecule has 3 rings (SSSR count). The maximum atomic E-state index is 13.5. The first-order valence-corrected chi connectivity index (χ1v) is 12.9. The number of nitrogens with one attached hydrogen (secondary N) is 1. The molecule has 2 aliphatic rings. The molecule has 1 saturated heterocycles. The summed E-state index contributed by atoms with van der Waals surface area (Å²) in [6.45, 7) is 3.64. The Balaban J connectivity index is 1.66. The summed E-state index contributed by atoms with van der Waals surface area (Å²) < 4.78 is 58.8. The lowest BCUT2D eigenvalue weighted by atomic mass is 9.84. The molecule has 12 heteroatoms. The number of aromatic nitrogens is 1. The molecule has 1 saturated carbocycles. The number of hydrogen-bond acceptors (Lipinski definition) is 8. The minimum atomic E-state index is -3.79. The minimum absolute atomic E-state index is 0.00536. The summed E-state index contributed by atoms with van der Waals surface area (Å²) in [6, 6.07) is 2.83. The van der Waals surface area contributed by atoms with Crippen molar-refractivity contribution in [3.63, 3.8) is 0 Å². The van der Waals surface area contributed by atoms with Crippen LogP contribution < -0.4 is 9.62 Å². The van der Waals surface area contributed by atoms with Crippen molar-refractivity contribution in [2.45, 2.75) is 46.0 Å². The number of pyridine rings is 1. The van der Waals surface area contributed by atoms with Crippen LogP contribution in [0.25, 0.3) is 0 Å². The van der Waals surface area contributed by atoms with E-state index in [0.717, 1.165) is 31.7 Å². The van der Waals surface area contributed by atoms with Gasteiger partial charge in [0.2, 0.25) is 15.9 Å². The maximum Gasteiger partial charge on any atom is 0.340 e. The van der Waals surface area contributed by atoms with E-state index in [1.165, 1.54) is 11.8 Å². The number of amides is 1. The van der Waals surface area contributed by atoms with E-state index in [2.05, 4.69) is 16.6 Å². The highest BCUT2D eigenvalue weighted by Crippen LogP contribution is 2.32. The van der Waals surface area contributed by atoms with Crippen LogP contribution in [-0.2, 0) is 19.6 Å². The SMILES string of the molecule is CCOC(=O)c1cc(C#N)c(N2CC(C(=O)NS(=O)(=O)CC3CCC(C)CC3)C2)nc1C(F)F. The van der Waals surface area contributed by atoms with Gasteiger partial charge in [0.1, 0.15) is 17.6 Å². The van der Waals surface area contributed by atoms with Crippen LogP contribution in [0.3, 0.4) is 0 Å². The second kappa shape index (κ2) is 10.6. The Kier molecular flexibility index (Phi) is 8.07. The third-order valence-electron chi connectivity index (χ3n) is 6.25. The summed E-state index contributed by atoms with van der Waals surface area (Å²) >= 11 is 0. The molecule has 34 heavy (non-hydrogen) atoms. The van der Waals surface area contributed by atoms with Gasteiger partial charge in [-0.2, -0.15) is 5.26 Å². The largest absolute Gasteiger partial charge is 0.462 e. The van der Waals surface area contributed by atoms with Crippen LogP contribution in [0.2, 0.25) is 0 Å². The van der Waals surface area contributed by atoms with Crippen molar-refractivity contribution in [1.82, 2.24) is 9.71 Å². The first kappa shape index (κ1) is 25.8. The topological polar surface area (TPSA) is 129 Å². The van der Waals surface area contributed by atoms with Crippen LogP contribution in [0.4, 0.5) is 14.6 Å². The van der Waals surface area contributed by atoms with Gasteiger partial charge in [0.05, 0.1) is 29.4 Å². The monoisotopic (exact) mass is 498 g/mol. The molecule has 0 aromatic carbocycles. The van der Waals surface area contributed by atoms with E-state index < -0.39 is 45.5 Å². The van der Waals surface area contributed by atoms with Crippen molar-refractivity contribution >= 4 is 27.7 Å². The van der Waals surface area contributed by atoms with Gasteiger partial charge in [-0.05, 0) is 37.7 Å². The number of ether oxygens (including phenoxy) is 1. The fourth-order valence-electron chi connectivity index (χ4n) is 4.28. The number of nitrogens with zero attached hydrogens (tertiary/aromatic N) is 3. The maximum absolute atomic E-state index is 13.5. The molecule has 0 spiro atoms. The molecule has 0 unspecified atom stereocenters. The van der Waals surface area contributed by atoms with Crippen LogP contribution in [0.1, 0.15) is 67.6 Å². The number of anilines is 1. The number of nitriles is 1. The summed E-state index contributed by atoms with van der Waals surface area (Å²) in [7, 11) is -3.79. The lowest BCUT2D eigenvalue weighted by molar-refractivity contribution is -0.123. The summed E-state index contributed by atoms with van der Waals surface area (Å²) in [5.41, 5.74) is -1.43. The number of hydrogen-bond donors (Lipinski definition) is 1. The lowest BCUT2D eigenvalue weighted by Crippen LogP contribution is -2.55. The highest BCUT2D eigenvalue weighted by atomic mass is 32.2. The third-order valence-corrected chi connectivity index (χ3v) is 7.68. The molecule has 1 amide bonds. The molecule has 1 aliphatic carbocycles. The molecule has 1 N–H and O–H groups in total. The van der Waals surface area contributed by atoms with E-state index in [1.807, 2.05) is 6.07 Å². The molecule has 0 bridgehead atoms. The van der Waals surface area contributed by atoms with Gasteiger partial charge in [-0.15, -0.1) is 0 Å². The predicted molar refractivity (Wildman–Crippen MR) is 119 cm³/mol. The number of halogens is 2. The van der Waals surface area contributed by atoms with Gasteiger partial charge in [-0.3, -0.25) is 9.52 Å². The molecule has 2 heterocycles. The number of rotatable bonds is 8. The van der Waals surface area contributed by atoms with Crippen molar-refractivity contribution < 1.29 is 31.5 Å². The Bertz CT molecular complexity index is 1080. The van der Waals surface area contributed by atoms with E-state index in [1.54, 1.807) is 0 Å². The second-order valence-corrected chi connectivity index (χ2v) is 10.7. The lowest BCUT2D eigenvalue weighted by Gasteiger charge is -2.39. The summed E-state index contributed by atoms with van der Waals surface area (Å²) in [6.07, 6.45) is 0.471. The zero-order valence-corrected chi connectivity index (χ0v) is 19.9. The number of carbonyl (C=O) groups excluding carboxylic acids is 2. The number of carbonyl (C=O) groups is 2. The normalized spacial score (nSPS) is 21.0. The fraction of sp³-hybridized carbons (Fsp3) is 0.636. The van der Waals surface area contributed by atoms with E-state index in [9.17, 15) is 32.0 Å². The molecule has 1 aliphatic heterocycles. The van der Waals surface area contributed by atoms with Crippen molar-refractivity contribution in [3.8, 4) is 6.07 Å². The first-order chi connectivity index (χ1) is 16.0. The number of alkyl halides is 2. The van der Waals surface area contributed by atoms with Crippen LogP contribution in [-0.4, -0.2) is 50.7 Å². The zero-order valence-electron chi connectivity index (χ0n) is 19.1. The highest BCUT2D eigenvalue weighted by Gasteiger charge is 2.38. The molecule has 2 fully saturated rings. The van der Waals surface area contributed by atoms with Crippen LogP contribution in [0, 0.1) is 29.1 Å². The quantitative estimate of drug-likeness (QED) is 0.542. The Morgan fingerprint density at radius 3 is 2.50 bits per heavy atom. The summed E-state index contributed by atoms with van der Waals surface area (Å²) in [4.78, 5) is 29.7. The van der Waals surface area contributed by atoms with Gasteiger partial charge in [0.15, 0.2) is 0 Å². The predicted octanol–water partition coefficient (Wildman–Crippen LogP) is 2.78. The van der Waals surface area contributed by atoms with Crippen molar-refractivity contribution in [2.75, 3.05) is 30.3 Å². The molecular weight excluding hydrogens is 470 g/mol. The average molecular weight is 499 g/mol. The number of esters is 1. The van der Waals surface area contributed by atoms with Gasteiger partial charge in [-0.1, -0.05) is 19.8 Å². The molecule has 0 atom stereocenters. The van der Waals surface area contributed by atoms with Gasteiger partial charge in [0.25, 0.3) is 6.43 Å². The van der Waals surface area contributed by atoms with Crippen molar-refractivity contribution in [1.29, 1.82) is 5.26 Å². The average Bonchev–Trinajstić information content (AvgIpc) is 2.73. The minimum Gasteiger partial charge on any atom is -0.462 e. The molecular formula is C22H28F2N4O5S. The fourth-order valence-corrected chi connectivity index (χ4v) is 5.79. The smallest absolute Gasteiger partial charge is 0.340 e. The third kappa shape index (κ3) is 6.00. The van der Waals surface area contributed by atoms with Crippen LogP contribution in [0.15, 0.2) is 6.07 Å². The van der Waals surface area contributed by atoms with E-state index in [0.29, 0.717) is 5.92 Å². The molecule has 1 aromatic rings. The van der Waals surface area contributed by atoms with Gasteiger partial charge < -0.3 is 9.64 Å². The van der Waals surface area contributed by atoms with Crippen molar-refractivity contribution in [2.24, 2.45) is 17.8 Å². The zero-order chi connectivity index (χ0) is 25.0. The Labute approximate surface area is 197 Å². The summed E-state index contributed by atoms with van der Waals surface area (Å²) in [5.74, 6) is -1.97. The van der Waals surface area contributed by atoms with Gasteiger partial charge >= 0.3 is 5.97 Å². The van der Waals surface area contributed by atoms with Gasteiger partial charge in [0, 0.05) is 13.1 Å². The van der Waals surface area contributed by atoms with Crippen molar-refractivity contribution in [3.05, 3.63) is 22.9 Å². The van der Waals surface area contributed by atoms with Crippen LogP contribution in [0.5, 0.6) is 0 Å².